The molecular formula is C9H17N. The van der Waals surface area contributed by atoms with Crippen molar-refractivity contribution in [3.63, 3.8) is 0 Å². The SMILES string of the molecule is C.CC.Cc1cccnc1. The van der Waals surface area contributed by atoms with E-state index in [2.05, 4.69) is 4.98 Å². The summed E-state index contributed by atoms with van der Waals surface area (Å²) >= 11 is 0. The Morgan fingerprint density at radius 1 is 1.30 bits per heavy atom. The number of nitrogens with zero attached hydrogens (tertiary/aromatic N) is 1. The minimum Gasteiger partial charge on any atom is -0.264 e. The van der Waals surface area contributed by atoms with Crippen molar-refractivity contribution in [2.75, 3.05) is 0 Å². The van der Waals surface area contributed by atoms with Gasteiger partial charge in [-0.25, -0.2) is 0 Å². The highest BCUT2D eigenvalue weighted by molar-refractivity contribution is 5.04. The van der Waals surface area contributed by atoms with Crippen molar-refractivity contribution in [1.29, 1.82) is 0 Å². The third-order valence-electron chi connectivity index (χ3n) is 0.809. The van der Waals surface area contributed by atoms with Gasteiger partial charge in [0.05, 0.1) is 0 Å². The van der Waals surface area contributed by atoms with E-state index >= 15 is 0 Å². The van der Waals surface area contributed by atoms with Crippen molar-refractivity contribution in [3.8, 4) is 0 Å². The van der Waals surface area contributed by atoms with E-state index in [4.69, 9.17) is 0 Å². The van der Waals surface area contributed by atoms with Gasteiger partial charge in [-0.3, -0.25) is 4.98 Å². The summed E-state index contributed by atoms with van der Waals surface area (Å²) < 4.78 is 0. The van der Waals surface area contributed by atoms with Gasteiger partial charge in [0, 0.05) is 12.4 Å². The maximum atomic E-state index is 3.88. The maximum absolute atomic E-state index is 3.88. The van der Waals surface area contributed by atoms with Crippen LogP contribution in [0.15, 0.2) is 24.5 Å². The van der Waals surface area contributed by atoms with Crippen LogP contribution in [0.25, 0.3) is 0 Å². The first-order valence-electron chi connectivity index (χ1n) is 3.26. The van der Waals surface area contributed by atoms with Gasteiger partial charge in [-0.2, -0.15) is 0 Å². The van der Waals surface area contributed by atoms with Crippen LogP contribution in [0.3, 0.4) is 0 Å². The van der Waals surface area contributed by atoms with Gasteiger partial charge in [0.15, 0.2) is 0 Å². The molecule has 1 heterocycles. The van der Waals surface area contributed by atoms with E-state index in [0.717, 1.165) is 0 Å². The lowest BCUT2D eigenvalue weighted by molar-refractivity contribution is 1.27. The molecule has 58 valence electrons. The normalized spacial score (nSPS) is 6.70. The maximum Gasteiger partial charge on any atom is 0.0297 e. The molecule has 0 aromatic carbocycles. The molecule has 1 heteroatoms. The van der Waals surface area contributed by atoms with Crippen molar-refractivity contribution in [2.24, 2.45) is 0 Å². The van der Waals surface area contributed by atoms with Crippen molar-refractivity contribution in [1.82, 2.24) is 4.98 Å². The number of rotatable bonds is 0. The molecule has 0 aliphatic carbocycles. The van der Waals surface area contributed by atoms with Gasteiger partial charge in [-0.05, 0) is 18.6 Å². The minimum absolute atomic E-state index is 0. The summed E-state index contributed by atoms with van der Waals surface area (Å²) in [6.45, 7) is 6.02. The number of aromatic nitrogens is 1. The molecule has 0 spiro atoms. The number of hydrogen-bond donors (Lipinski definition) is 0. The van der Waals surface area contributed by atoms with E-state index in [0.29, 0.717) is 0 Å². The summed E-state index contributed by atoms with van der Waals surface area (Å²) in [5.74, 6) is 0. The summed E-state index contributed by atoms with van der Waals surface area (Å²) in [6.07, 6.45) is 3.60. The predicted molar refractivity (Wildman–Crippen MR) is 47.1 cm³/mol. The number of hydrogen-bond acceptors (Lipinski definition) is 1. The first kappa shape index (κ1) is 11.9. The summed E-state index contributed by atoms with van der Waals surface area (Å²) in [7, 11) is 0. The average Bonchev–Trinajstić information content (AvgIpc) is 1.94. The average molecular weight is 139 g/mol. The Morgan fingerprint density at radius 3 is 2.10 bits per heavy atom. The molecular weight excluding hydrogens is 122 g/mol. The molecule has 0 fully saturated rings. The van der Waals surface area contributed by atoms with Crippen molar-refractivity contribution >= 4 is 0 Å². The molecule has 0 radical (unpaired) electrons. The third kappa shape index (κ3) is 5.29. The summed E-state index contributed by atoms with van der Waals surface area (Å²) in [5.41, 5.74) is 1.21. The van der Waals surface area contributed by atoms with Gasteiger partial charge in [0.2, 0.25) is 0 Å². The Bertz CT molecular complexity index is 135. The summed E-state index contributed by atoms with van der Waals surface area (Å²) in [5, 5.41) is 0. The van der Waals surface area contributed by atoms with Gasteiger partial charge in [-0.1, -0.05) is 27.3 Å². The van der Waals surface area contributed by atoms with Crippen LogP contribution >= 0.6 is 0 Å². The zero-order valence-corrected chi connectivity index (χ0v) is 6.26. The quantitative estimate of drug-likeness (QED) is 0.538. The molecule has 0 aliphatic heterocycles. The molecule has 0 bridgehead atoms. The zero-order chi connectivity index (χ0) is 7.11. The highest BCUT2D eigenvalue weighted by atomic mass is 14.6. The fraction of sp³-hybridized carbons (Fsp3) is 0.444. The molecule has 0 unspecified atom stereocenters. The van der Waals surface area contributed by atoms with Crippen molar-refractivity contribution in [2.45, 2.75) is 28.2 Å². The molecule has 0 saturated heterocycles. The van der Waals surface area contributed by atoms with Crippen LogP contribution in [0.2, 0.25) is 0 Å². The molecule has 0 N–H and O–H groups in total. The van der Waals surface area contributed by atoms with Crippen LogP contribution in [0.4, 0.5) is 0 Å². The Labute approximate surface area is 64.1 Å². The Kier molecular flexibility index (Phi) is 9.69. The van der Waals surface area contributed by atoms with E-state index < -0.39 is 0 Å². The van der Waals surface area contributed by atoms with Gasteiger partial charge < -0.3 is 0 Å². The smallest absolute Gasteiger partial charge is 0.0297 e. The highest BCUT2D eigenvalue weighted by Crippen LogP contribution is 1.88. The predicted octanol–water partition coefficient (Wildman–Crippen LogP) is 3.05. The largest absolute Gasteiger partial charge is 0.264 e. The van der Waals surface area contributed by atoms with Crippen molar-refractivity contribution < 1.29 is 0 Å². The second-order valence-corrected chi connectivity index (χ2v) is 1.53. The monoisotopic (exact) mass is 139 g/mol. The lowest BCUT2D eigenvalue weighted by atomic mass is 10.3. The van der Waals surface area contributed by atoms with Crippen LogP contribution in [0.5, 0.6) is 0 Å². The van der Waals surface area contributed by atoms with Gasteiger partial charge in [0.25, 0.3) is 0 Å². The van der Waals surface area contributed by atoms with Crippen LogP contribution in [-0.2, 0) is 0 Å². The minimum atomic E-state index is 0. The first-order valence-corrected chi connectivity index (χ1v) is 3.26. The second kappa shape index (κ2) is 8.15. The fourth-order valence-corrected chi connectivity index (χ4v) is 0.448. The van der Waals surface area contributed by atoms with Crippen LogP contribution in [-0.4, -0.2) is 4.98 Å². The molecule has 1 aromatic heterocycles. The van der Waals surface area contributed by atoms with E-state index in [-0.39, 0.29) is 7.43 Å². The van der Waals surface area contributed by atoms with Crippen LogP contribution in [0, 0.1) is 6.92 Å². The molecule has 0 aliphatic rings. The van der Waals surface area contributed by atoms with E-state index in [9.17, 15) is 0 Å². The topological polar surface area (TPSA) is 12.9 Å². The zero-order valence-electron chi connectivity index (χ0n) is 6.26. The second-order valence-electron chi connectivity index (χ2n) is 1.53. The lowest BCUT2D eigenvalue weighted by Gasteiger charge is -1.82. The Morgan fingerprint density at radius 2 is 1.90 bits per heavy atom. The molecule has 1 nitrogen and oxygen atoms in total. The van der Waals surface area contributed by atoms with Gasteiger partial charge >= 0.3 is 0 Å². The first-order chi connectivity index (χ1) is 4.39. The van der Waals surface area contributed by atoms with Crippen LogP contribution < -0.4 is 0 Å². The molecule has 1 aromatic rings. The van der Waals surface area contributed by atoms with E-state index in [1.54, 1.807) is 6.20 Å². The molecule has 10 heavy (non-hydrogen) atoms. The molecule has 0 atom stereocenters. The Balaban J connectivity index is 0. The number of pyridine rings is 1. The number of aryl methyl sites for hydroxylation is 1. The fourth-order valence-electron chi connectivity index (χ4n) is 0.448. The molecule has 0 amide bonds. The van der Waals surface area contributed by atoms with E-state index in [1.807, 2.05) is 39.1 Å². The van der Waals surface area contributed by atoms with Gasteiger partial charge in [-0.15, -0.1) is 0 Å². The standard InChI is InChI=1S/C6H7N.C2H6.CH4/c1-6-3-2-4-7-5-6;1-2;/h2-5H,1H3;1-2H3;1H4. The lowest BCUT2D eigenvalue weighted by Crippen LogP contribution is -1.69. The summed E-state index contributed by atoms with van der Waals surface area (Å²) in [4.78, 5) is 3.88. The molecule has 1 rings (SSSR count). The van der Waals surface area contributed by atoms with Crippen molar-refractivity contribution in [3.05, 3.63) is 30.1 Å². The van der Waals surface area contributed by atoms with E-state index in [1.165, 1.54) is 5.56 Å². The Hall–Kier alpha value is -0.850. The highest BCUT2D eigenvalue weighted by Gasteiger charge is 1.73. The third-order valence-corrected chi connectivity index (χ3v) is 0.809. The molecule has 0 saturated carbocycles. The van der Waals surface area contributed by atoms with Crippen LogP contribution in [0.1, 0.15) is 26.8 Å². The van der Waals surface area contributed by atoms with Gasteiger partial charge in [0.1, 0.15) is 0 Å². The summed E-state index contributed by atoms with van der Waals surface area (Å²) in [6, 6.07) is 3.95.